The lowest BCUT2D eigenvalue weighted by Crippen LogP contribution is -2.31. The maximum absolute atomic E-state index is 12.0. The smallest absolute Gasteiger partial charge is 0.287 e. The van der Waals surface area contributed by atoms with Crippen LogP contribution in [-0.4, -0.2) is 43.2 Å². The first-order chi connectivity index (χ1) is 10.3. The zero-order chi connectivity index (χ0) is 14.5. The first-order valence-corrected chi connectivity index (χ1v) is 8.02. The summed E-state index contributed by atoms with van der Waals surface area (Å²) in [5, 5.41) is 2.89. The van der Waals surface area contributed by atoms with Gasteiger partial charge in [0.05, 0.1) is 12.6 Å². The van der Waals surface area contributed by atoms with E-state index in [1.807, 2.05) is 6.07 Å². The third-order valence-electron chi connectivity index (χ3n) is 4.23. The number of nitrogens with zero attached hydrogens (tertiary/aromatic N) is 1. The quantitative estimate of drug-likeness (QED) is 0.903. The van der Waals surface area contributed by atoms with Gasteiger partial charge in [0.2, 0.25) is 0 Å². The van der Waals surface area contributed by atoms with Crippen LogP contribution in [0.4, 0.5) is 0 Å². The summed E-state index contributed by atoms with van der Waals surface area (Å²) in [6.07, 6.45) is 6.12. The summed E-state index contributed by atoms with van der Waals surface area (Å²) in [6.45, 7) is 4.43. The number of nitrogens with one attached hydrogen (secondary N) is 1. The van der Waals surface area contributed by atoms with Gasteiger partial charge >= 0.3 is 0 Å². The third kappa shape index (κ3) is 4.08. The normalized spacial score (nSPS) is 23.3. The number of carbonyl (C=O) groups is 1. The Bertz CT molecular complexity index is 460. The van der Waals surface area contributed by atoms with Gasteiger partial charge in [-0.15, -0.1) is 0 Å². The first-order valence-electron chi connectivity index (χ1n) is 8.02. The van der Waals surface area contributed by atoms with Gasteiger partial charge in [0.15, 0.2) is 5.76 Å². The molecule has 116 valence electrons. The minimum atomic E-state index is -0.143. The molecule has 1 atom stereocenters. The van der Waals surface area contributed by atoms with Gasteiger partial charge in [-0.25, -0.2) is 0 Å². The van der Waals surface area contributed by atoms with E-state index in [1.165, 1.54) is 19.3 Å². The highest BCUT2D eigenvalue weighted by Gasteiger charge is 2.19. The molecule has 0 radical (unpaired) electrons. The van der Waals surface area contributed by atoms with Crippen molar-refractivity contribution in [3.8, 4) is 0 Å². The highest BCUT2D eigenvalue weighted by molar-refractivity contribution is 5.91. The second-order valence-electron chi connectivity index (χ2n) is 5.95. The number of hydrogen-bond acceptors (Lipinski definition) is 4. The van der Waals surface area contributed by atoms with E-state index in [0.717, 1.165) is 44.8 Å². The van der Waals surface area contributed by atoms with Gasteiger partial charge in [-0.05, 0) is 50.9 Å². The van der Waals surface area contributed by atoms with E-state index >= 15 is 0 Å². The Morgan fingerprint density at radius 3 is 2.86 bits per heavy atom. The van der Waals surface area contributed by atoms with Crippen molar-refractivity contribution in [1.82, 2.24) is 10.2 Å². The maximum atomic E-state index is 12.0. The van der Waals surface area contributed by atoms with Crippen molar-refractivity contribution in [3.05, 3.63) is 23.7 Å². The molecule has 3 rings (SSSR count). The third-order valence-corrected chi connectivity index (χ3v) is 4.23. The lowest BCUT2D eigenvalue weighted by atomic mass is 10.1. The molecule has 3 heterocycles. The van der Waals surface area contributed by atoms with Gasteiger partial charge in [0.25, 0.3) is 5.91 Å². The maximum Gasteiger partial charge on any atom is 0.287 e. The fraction of sp³-hybridized carbons (Fsp3) is 0.688. The lowest BCUT2D eigenvalue weighted by molar-refractivity contribution is 0.0831. The SMILES string of the molecule is O=C(NCC1CCCO1)c1ccc(CN2CCCCC2)o1. The van der Waals surface area contributed by atoms with Gasteiger partial charge in [0.1, 0.15) is 5.76 Å². The summed E-state index contributed by atoms with van der Waals surface area (Å²) >= 11 is 0. The first kappa shape index (κ1) is 14.6. The van der Waals surface area contributed by atoms with E-state index in [9.17, 15) is 4.79 Å². The number of furan rings is 1. The van der Waals surface area contributed by atoms with Crippen LogP contribution in [-0.2, 0) is 11.3 Å². The summed E-state index contributed by atoms with van der Waals surface area (Å²) in [7, 11) is 0. The van der Waals surface area contributed by atoms with Crippen molar-refractivity contribution >= 4 is 5.91 Å². The number of ether oxygens (including phenoxy) is 1. The molecule has 0 saturated carbocycles. The number of piperidine rings is 1. The molecule has 2 aliphatic heterocycles. The van der Waals surface area contributed by atoms with E-state index in [4.69, 9.17) is 9.15 Å². The summed E-state index contributed by atoms with van der Waals surface area (Å²) in [5.74, 6) is 1.13. The molecule has 2 aliphatic rings. The molecule has 0 bridgehead atoms. The fourth-order valence-electron chi connectivity index (χ4n) is 3.02. The van der Waals surface area contributed by atoms with E-state index in [1.54, 1.807) is 6.07 Å². The van der Waals surface area contributed by atoms with Crippen LogP contribution in [0, 0.1) is 0 Å². The van der Waals surface area contributed by atoms with Crippen molar-refractivity contribution in [2.24, 2.45) is 0 Å². The molecule has 0 aliphatic carbocycles. The van der Waals surface area contributed by atoms with Crippen LogP contribution < -0.4 is 5.32 Å². The van der Waals surface area contributed by atoms with Crippen LogP contribution in [0.25, 0.3) is 0 Å². The van der Waals surface area contributed by atoms with Crippen LogP contribution >= 0.6 is 0 Å². The molecule has 1 unspecified atom stereocenters. The molecular formula is C16H24N2O3. The van der Waals surface area contributed by atoms with Gasteiger partial charge in [-0.1, -0.05) is 6.42 Å². The molecule has 0 spiro atoms. The molecule has 1 aromatic heterocycles. The second-order valence-corrected chi connectivity index (χ2v) is 5.95. The number of amides is 1. The summed E-state index contributed by atoms with van der Waals surface area (Å²) in [6, 6.07) is 3.68. The number of hydrogen-bond donors (Lipinski definition) is 1. The van der Waals surface area contributed by atoms with Gasteiger partial charge in [-0.2, -0.15) is 0 Å². The van der Waals surface area contributed by atoms with Crippen molar-refractivity contribution in [1.29, 1.82) is 0 Å². The molecule has 5 heteroatoms. The predicted octanol–water partition coefficient (Wildman–Crippen LogP) is 2.17. The van der Waals surface area contributed by atoms with Crippen LogP contribution in [0.3, 0.4) is 0 Å². The van der Waals surface area contributed by atoms with E-state index in [2.05, 4.69) is 10.2 Å². The number of likely N-dealkylation sites (tertiary alicyclic amines) is 1. The molecular weight excluding hydrogens is 268 g/mol. The van der Waals surface area contributed by atoms with Crippen LogP contribution in [0.5, 0.6) is 0 Å². The Morgan fingerprint density at radius 2 is 2.10 bits per heavy atom. The molecule has 1 aromatic rings. The monoisotopic (exact) mass is 292 g/mol. The fourth-order valence-corrected chi connectivity index (χ4v) is 3.02. The molecule has 0 aromatic carbocycles. The van der Waals surface area contributed by atoms with E-state index < -0.39 is 0 Å². The van der Waals surface area contributed by atoms with Gasteiger partial charge in [-0.3, -0.25) is 9.69 Å². The number of carbonyl (C=O) groups excluding carboxylic acids is 1. The summed E-state index contributed by atoms with van der Waals surface area (Å²) in [4.78, 5) is 14.4. The van der Waals surface area contributed by atoms with Crippen LogP contribution in [0.1, 0.15) is 48.4 Å². The summed E-state index contributed by atoms with van der Waals surface area (Å²) in [5.41, 5.74) is 0. The Kier molecular flexibility index (Phi) is 4.93. The molecule has 5 nitrogen and oxygen atoms in total. The lowest BCUT2D eigenvalue weighted by Gasteiger charge is -2.25. The van der Waals surface area contributed by atoms with Gasteiger partial charge < -0.3 is 14.5 Å². The van der Waals surface area contributed by atoms with Gasteiger partial charge in [0, 0.05) is 13.2 Å². The Labute approximate surface area is 125 Å². The second kappa shape index (κ2) is 7.09. The Morgan fingerprint density at radius 1 is 1.24 bits per heavy atom. The van der Waals surface area contributed by atoms with Crippen molar-refractivity contribution in [2.45, 2.75) is 44.8 Å². The minimum absolute atomic E-state index is 0.143. The van der Waals surface area contributed by atoms with E-state index in [0.29, 0.717) is 12.3 Å². The number of rotatable bonds is 5. The minimum Gasteiger partial charge on any atom is -0.455 e. The Balaban J connectivity index is 1.47. The predicted molar refractivity (Wildman–Crippen MR) is 79.1 cm³/mol. The molecule has 1 N–H and O–H groups in total. The molecule has 21 heavy (non-hydrogen) atoms. The standard InChI is InChI=1S/C16H24N2O3/c19-16(17-11-13-5-4-10-20-13)15-7-6-14(21-15)12-18-8-2-1-3-9-18/h6-7,13H,1-5,8-12H2,(H,17,19). The van der Waals surface area contributed by atoms with Crippen LogP contribution in [0.2, 0.25) is 0 Å². The van der Waals surface area contributed by atoms with E-state index in [-0.39, 0.29) is 12.0 Å². The highest BCUT2D eigenvalue weighted by Crippen LogP contribution is 2.15. The van der Waals surface area contributed by atoms with Crippen molar-refractivity contribution in [3.63, 3.8) is 0 Å². The highest BCUT2D eigenvalue weighted by atomic mass is 16.5. The zero-order valence-corrected chi connectivity index (χ0v) is 12.5. The zero-order valence-electron chi connectivity index (χ0n) is 12.5. The summed E-state index contributed by atoms with van der Waals surface area (Å²) < 4.78 is 11.2. The Hall–Kier alpha value is -1.33. The van der Waals surface area contributed by atoms with Crippen molar-refractivity contribution in [2.75, 3.05) is 26.2 Å². The van der Waals surface area contributed by atoms with Crippen molar-refractivity contribution < 1.29 is 13.9 Å². The molecule has 2 saturated heterocycles. The molecule has 2 fully saturated rings. The average Bonchev–Trinajstić information content (AvgIpc) is 3.17. The average molecular weight is 292 g/mol. The largest absolute Gasteiger partial charge is 0.455 e. The van der Waals surface area contributed by atoms with Crippen LogP contribution in [0.15, 0.2) is 16.5 Å². The molecule has 1 amide bonds. The topological polar surface area (TPSA) is 54.7 Å².